The monoisotopic (exact) mass is 340 g/mol. The van der Waals surface area contributed by atoms with E-state index in [-0.39, 0.29) is 18.1 Å². The summed E-state index contributed by atoms with van der Waals surface area (Å²) in [6, 6.07) is 8.03. The molecule has 2 atom stereocenters. The molecule has 4 rings (SSSR count). The molecule has 0 spiro atoms. The van der Waals surface area contributed by atoms with Crippen LogP contribution in [0, 0.1) is 0 Å². The van der Waals surface area contributed by atoms with Crippen LogP contribution in [-0.2, 0) is 12.0 Å². The Hall–Kier alpha value is -2.66. The van der Waals surface area contributed by atoms with Crippen molar-refractivity contribution in [1.29, 1.82) is 0 Å². The van der Waals surface area contributed by atoms with Crippen LogP contribution in [0.3, 0.4) is 0 Å². The van der Waals surface area contributed by atoms with Gasteiger partial charge in [0.1, 0.15) is 29.6 Å². The maximum Gasteiger partial charge on any atom is 0.168 e. The molecular formula is C20H20O5. The fourth-order valence-corrected chi connectivity index (χ4v) is 3.48. The molecule has 25 heavy (non-hydrogen) atoms. The first-order chi connectivity index (χ1) is 11.9. The van der Waals surface area contributed by atoms with E-state index in [4.69, 9.17) is 9.47 Å². The van der Waals surface area contributed by atoms with Crippen molar-refractivity contribution in [2.24, 2.45) is 0 Å². The van der Waals surface area contributed by atoms with Gasteiger partial charge in [-0.05, 0) is 44.5 Å². The fraction of sp³-hybridized carbons (Fsp3) is 0.300. The summed E-state index contributed by atoms with van der Waals surface area (Å²) in [7, 11) is 0. The highest BCUT2D eigenvalue weighted by atomic mass is 16.5. The van der Waals surface area contributed by atoms with Gasteiger partial charge in [-0.1, -0.05) is 11.6 Å². The summed E-state index contributed by atoms with van der Waals surface area (Å²) in [5.74, 6) is 1.25. The number of aliphatic hydroxyl groups is 1. The van der Waals surface area contributed by atoms with Crippen molar-refractivity contribution in [2.45, 2.75) is 32.0 Å². The summed E-state index contributed by atoms with van der Waals surface area (Å²) in [5.41, 5.74) is 1.76. The molecule has 2 heterocycles. The molecule has 0 unspecified atom stereocenters. The summed E-state index contributed by atoms with van der Waals surface area (Å²) >= 11 is 0. The van der Waals surface area contributed by atoms with Crippen molar-refractivity contribution < 1.29 is 24.8 Å². The van der Waals surface area contributed by atoms with E-state index >= 15 is 0 Å². The quantitative estimate of drug-likeness (QED) is 0.731. The number of fused-ring (bicyclic) bond motifs is 5. The number of allylic oxidation sites excluding steroid dienone is 2. The second-order valence-corrected chi connectivity index (χ2v) is 6.86. The molecule has 0 saturated heterocycles. The molecule has 5 nitrogen and oxygen atoms in total. The molecule has 5 heteroatoms. The molecule has 3 N–H and O–H groups in total. The Labute approximate surface area is 145 Å². The smallest absolute Gasteiger partial charge is 0.168 e. The lowest BCUT2D eigenvalue weighted by Crippen LogP contribution is -2.41. The Morgan fingerprint density at radius 2 is 2.04 bits per heavy atom. The van der Waals surface area contributed by atoms with Gasteiger partial charge in [0.25, 0.3) is 0 Å². The highest BCUT2D eigenvalue weighted by Crippen LogP contribution is 2.56. The van der Waals surface area contributed by atoms with E-state index in [0.29, 0.717) is 34.6 Å². The molecule has 0 bridgehead atoms. The maximum atomic E-state index is 11.3. The van der Waals surface area contributed by atoms with Crippen molar-refractivity contribution in [3.8, 4) is 23.0 Å². The first-order valence-electron chi connectivity index (χ1n) is 8.23. The van der Waals surface area contributed by atoms with E-state index in [1.165, 1.54) is 6.07 Å². The average molecular weight is 340 g/mol. The number of ether oxygens (including phenoxy) is 2. The fourth-order valence-electron chi connectivity index (χ4n) is 3.48. The van der Waals surface area contributed by atoms with Gasteiger partial charge in [-0.3, -0.25) is 0 Å². The number of benzene rings is 2. The van der Waals surface area contributed by atoms with E-state index < -0.39 is 11.7 Å². The van der Waals surface area contributed by atoms with E-state index in [1.54, 1.807) is 24.3 Å². The third-order valence-corrected chi connectivity index (χ3v) is 4.81. The van der Waals surface area contributed by atoms with Gasteiger partial charge in [0.05, 0.1) is 0 Å². The van der Waals surface area contributed by atoms with Gasteiger partial charge in [0.15, 0.2) is 11.7 Å². The molecule has 2 aliphatic heterocycles. The van der Waals surface area contributed by atoms with E-state index in [0.717, 1.165) is 5.57 Å². The molecule has 0 radical (unpaired) electrons. The van der Waals surface area contributed by atoms with Gasteiger partial charge < -0.3 is 24.8 Å². The zero-order valence-electron chi connectivity index (χ0n) is 14.1. The number of hydrogen-bond donors (Lipinski definition) is 3. The molecule has 2 aromatic rings. The number of phenolic OH excluding ortho intramolecular Hbond substituents is 2. The molecule has 0 saturated carbocycles. The van der Waals surface area contributed by atoms with Gasteiger partial charge in [0, 0.05) is 22.8 Å². The topological polar surface area (TPSA) is 79.2 Å². The van der Waals surface area contributed by atoms with Crippen molar-refractivity contribution >= 4 is 0 Å². The van der Waals surface area contributed by atoms with Crippen LogP contribution in [-0.4, -0.2) is 21.9 Å². The molecule has 0 aromatic heterocycles. The summed E-state index contributed by atoms with van der Waals surface area (Å²) in [6.45, 7) is 4.00. The van der Waals surface area contributed by atoms with Crippen LogP contribution in [0.4, 0.5) is 0 Å². The van der Waals surface area contributed by atoms with Crippen LogP contribution < -0.4 is 9.47 Å². The van der Waals surface area contributed by atoms with Crippen LogP contribution >= 0.6 is 0 Å². The SMILES string of the molecule is CC(C)=CCc1c(O)ccc2c1O[C@H]1c3ccc(O)cc3OC[C@@]21O. The third kappa shape index (κ3) is 2.35. The molecule has 2 aromatic carbocycles. The highest BCUT2D eigenvalue weighted by molar-refractivity contribution is 5.58. The Bertz CT molecular complexity index is 882. The van der Waals surface area contributed by atoms with Crippen LogP contribution in [0.2, 0.25) is 0 Å². The van der Waals surface area contributed by atoms with E-state index in [1.807, 2.05) is 19.9 Å². The summed E-state index contributed by atoms with van der Waals surface area (Å²) in [6.07, 6.45) is 1.88. The van der Waals surface area contributed by atoms with E-state index in [2.05, 4.69) is 0 Å². The molecule has 2 aliphatic rings. The normalized spacial score (nSPS) is 22.9. The lowest BCUT2D eigenvalue weighted by atomic mass is 9.84. The number of aromatic hydroxyl groups is 2. The van der Waals surface area contributed by atoms with Crippen LogP contribution in [0.5, 0.6) is 23.0 Å². The van der Waals surface area contributed by atoms with Crippen molar-refractivity contribution in [2.75, 3.05) is 6.61 Å². The Kier molecular flexibility index (Phi) is 3.44. The minimum absolute atomic E-state index is 0.0218. The Morgan fingerprint density at radius 1 is 1.24 bits per heavy atom. The maximum absolute atomic E-state index is 11.3. The standard InChI is InChI=1S/C20H20O5/c1-11(2)3-5-13-16(22)8-7-15-18(13)25-19-14-6-4-12(21)9-17(14)24-10-20(15,19)23/h3-4,6-9,19,21-23H,5,10H2,1-2H3/t19-,20+/m0/s1. The van der Waals surface area contributed by atoms with Gasteiger partial charge in [-0.25, -0.2) is 0 Å². The molecule has 130 valence electrons. The summed E-state index contributed by atoms with van der Waals surface area (Å²) in [4.78, 5) is 0. The molecule has 0 aliphatic carbocycles. The van der Waals surface area contributed by atoms with Gasteiger partial charge in [0.2, 0.25) is 0 Å². The van der Waals surface area contributed by atoms with Crippen molar-refractivity contribution in [3.05, 3.63) is 58.7 Å². The lowest BCUT2D eigenvalue weighted by Gasteiger charge is -2.34. The Morgan fingerprint density at radius 3 is 2.80 bits per heavy atom. The van der Waals surface area contributed by atoms with Crippen molar-refractivity contribution in [3.63, 3.8) is 0 Å². The second-order valence-electron chi connectivity index (χ2n) is 6.86. The van der Waals surface area contributed by atoms with Gasteiger partial charge in [-0.15, -0.1) is 0 Å². The first kappa shape index (κ1) is 15.8. The number of rotatable bonds is 2. The van der Waals surface area contributed by atoms with Crippen LogP contribution in [0.15, 0.2) is 42.0 Å². The van der Waals surface area contributed by atoms with E-state index in [9.17, 15) is 15.3 Å². The largest absolute Gasteiger partial charge is 0.508 e. The zero-order chi connectivity index (χ0) is 17.8. The van der Waals surface area contributed by atoms with Gasteiger partial charge in [-0.2, -0.15) is 0 Å². The number of hydrogen-bond acceptors (Lipinski definition) is 5. The average Bonchev–Trinajstić information content (AvgIpc) is 2.86. The molecule has 0 amide bonds. The minimum Gasteiger partial charge on any atom is -0.508 e. The predicted octanol–water partition coefficient (Wildman–Crippen LogP) is 3.32. The molecule has 0 fully saturated rings. The predicted molar refractivity (Wildman–Crippen MR) is 92.1 cm³/mol. The van der Waals surface area contributed by atoms with Crippen molar-refractivity contribution in [1.82, 2.24) is 0 Å². The molecular weight excluding hydrogens is 320 g/mol. The summed E-state index contributed by atoms with van der Waals surface area (Å²) < 4.78 is 11.8. The van der Waals surface area contributed by atoms with Gasteiger partial charge >= 0.3 is 0 Å². The Balaban J connectivity index is 1.83. The first-order valence-corrected chi connectivity index (χ1v) is 8.23. The number of phenols is 2. The summed E-state index contributed by atoms with van der Waals surface area (Å²) in [5, 5.41) is 31.2. The zero-order valence-corrected chi connectivity index (χ0v) is 14.1. The van der Waals surface area contributed by atoms with Crippen LogP contribution in [0.25, 0.3) is 0 Å². The third-order valence-electron chi connectivity index (χ3n) is 4.81. The van der Waals surface area contributed by atoms with Crippen LogP contribution in [0.1, 0.15) is 36.6 Å². The minimum atomic E-state index is -1.33. The lowest BCUT2D eigenvalue weighted by molar-refractivity contribution is -0.0864. The highest BCUT2D eigenvalue weighted by Gasteiger charge is 2.53. The second kappa shape index (κ2) is 5.43.